The Bertz CT molecular complexity index is 831. The van der Waals surface area contributed by atoms with Crippen molar-refractivity contribution in [1.82, 2.24) is 19.4 Å². The first-order valence-corrected chi connectivity index (χ1v) is 7.84. The van der Waals surface area contributed by atoms with Gasteiger partial charge in [-0.05, 0) is 32.0 Å². The molecule has 0 saturated carbocycles. The summed E-state index contributed by atoms with van der Waals surface area (Å²) in [4.78, 5) is 35.2. The van der Waals surface area contributed by atoms with Gasteiger partial charge < -0.3 is 14.2 Å². The van der Waals surface area contributed by atoms with Gasteiger partial charge in [-0.15, -0.1) is 0 Å². The number of carbonyl (C=O) groups is 1. The van der Waals surface area contributed by atoms with Crippen LogP contribution in [0.4, 0.5) is 0 Å². The van der Waals surface area contributed by atoms with E-state index >= 15 is 0 Å². The Morgan fingerprint density at radius 2 is 2.08 bits per heavy atom. The maximum absolute atomic E-state index is 12.8. The van der Waals surface area contributed by atoms with Crippen LogP contribution in [0, 0.1) is 13.8 Å². The van der Waals surface area contributed by atoms with Crippen molar-refractivity contribution in [3.63, 3.8) is 0 Å². The predicted molar refractivity (Wildman–Crippen MR) is 87.8 cm³/mol. The molecule has 0 aliphatic carbocycles. The number of aryl methyl sites for hydroxylation is 2. The van der Waals surface area contributed by atoms with E-state index in [2.05, 4.69) is 9.97 Å². The van der Waals surface area contributed by atoms with Crippen LogP contribution < -0.4 is 5.56 Å². The Hall–Kier alpha value is -2.54. The van der Waals surface area contributed by atoms with Gasteiger partial charge in [0, 0.05) is 25.5 Å². The highest BCUT2D eigenvalue weighted by Gasteiger charge is 2.28. The van der Waals surface area contributed by atoms with E-state index in [9.17, 15) is 9.59 Å². The third kappa shape index (κ3) is 3.07. The molecule has 7 heteroatoms. The minimum Gasteiger partial charge on any atom is -0.368 e. The Morgan fingerprint density at radius 1 is 1.29 bits per heavy atom. The van der Waals surface area contributed by atoms with E-state index in [0.717, 1.165) is 11.4 Å². The number of hydrogen-bond acceptors (Lipinski definition) is 5. The molecule has 0 spiro atoms. The number of hydrogen-bond donors (Lipinski definition) is 0. The van der Waals surface area contributed by atoms with Gasteiger partial charge in [0.25, 0.3) is 11.5 Å². The Balaban J connectivity index is 1.83. The summed E-state index contributed by atoms with van der Waals surface area (Å²) < 4.78 is 7.23. The predicted octanol–water partition coefficient (Wildman–Crippen LogP) is 1.01. The normalized spacial score (nSPS) is 17.8. The number of carbonyl (C=O) groups excluding carboxylic acids is 1. The van der Waals surface area contributed by atoms with Gasteiger partial charge in [0.1, 0.15) is 17.5 Å². The summed E-state index contributed by atoms with van der Waals surface area (Å²) in [6.07, 6.45) is 1.37. The molecular weight excluding hydrogens is 308 g/mol. The van der Waals surface area contributed by atoms with Crippen molar-refractivity contribution in [2.45, 2.75) is 20.0 Å². The summed E-state index contributed by atoms with van der Waals surface area (Å²) in [5.74, 6) is 0.390. The molecule has 0 bridgehead atoms. The molecular formula is C17H20N4O3. The lowest BCUT2D eigenvalue weighted by Gasteiger charge is -2.32. The zero-order chi connectivity index (χ0) is 17.3. The number of amides is 1. The molecule has 2 aromatic heterocycles. The number of rotatable bonds is 2. The molecule has 7 nitrogen and oxygen atoms in total. The Labute approximate surface area is 139 Å². The summed E-state index contributed by atoms with van der Waals surface area (Å²) in [6.45, 7) is 4.87. The maximum Gasteiger partial charge on any atom is 0.263 e. The number of ether oxygens (including phenoxy) is 1. The highest BCUT2D eigenvalue weighted by molar-refractivity contribution is 5.94. The molecule has 126 valence electrons. The molecule has 1 aliphatic rings. The number of aromatic nitrogens is 3. The minimum atomic E-state index is -0.307. The average molecular weight is 328 g/mol. The summed E-state index contributed by atoms with van der Waals surface area (Å²) in [7, 11) is 1.67. The summed E-state index contributed by atoms with van der Waals surface area (Å²) in [5.41, 5.74) is 1.47. The van der Waals surface area contributed by atoms with E-state index in [0.29, 0.717) is 25.5 Å². The standard InChI is InChI=1S/C17H20N4O3/c1-11-4-5-13(16(22)20(11)3)17(23)21-8-9-24-15(10-21)14-6-7-18-12(2)19-14/h4-7,15H,8-10H2,1-3H3/t15-/m0/s1. The van der Waals surface area contributed by atoms with Crippen LogP contribution >= 0.6 is 0 Å². The zero-order valence-electron chi connectivity index (χ0n) is 14.0. The van der Waals surface area contributed by atoms with Crippen molar-refractivity contribution >= 4 is 5.91 Å². The third-order valence-corrected chi connectivity index (χ3v) is 4.27. The number of nitrogens with zero attached hydrogens (tertiary/aromatic N) is 4. The van der Waals surface area contributed by atoms with Crippen LogP contribution in [0.25, 0.3) is 0 Å². The van der Waals surface area contributed by atoms with Crippen molar-refractivity contribution in [2.24, 2.45) is 7.05 Å². The van der Waals surface area contributed by atoms with Crippen molar-refractivity contribution in [2.75, 3.05) is 19.7 Å². The molecule has 3 heterocycles. The lowest BCUT2D eigenvalue weighted by molar-refractivity contribution is -0.0249. The van der Waals surface area contributed by atoms with Gasteiger partial charge in [-0.25, -0.2) is 9.97 Å². The van der Waals surface area contributed by atoms with Gasteiger partial charge in [0.05, 0.1) is 18.8 Å². The molecule has 24 heavy (non-hydrogen) atoms. The van der Waals surface area contributed by atoms with Crippen LogP contribution in [0.15, 0.2) is 29.2 Å². The van der Waals surface area contributed by atoms with Crippen LogP contribution in [0.2, 0.25) is 0 Å². The van der Waals surface area contributed by atoms with Gasteiger partial charge in [0.15, 0.2) is 0 Å². The van der Waals surface area contributed by atoms with E-state index in [1.807, 2.05) is 13.8 Å². The van der Waals surface area contributed by atoms with E-state index in [1.54, 1.807) is 36.3 Å². The molecule has 2 aromatic rings. The first kappa shape index (κ1) is 16.3. The van der Waals surface area contributed by atoms with Crippen molar-refractivity contribution in [3.8, 4) is 0 Å². The molecule has 1 saturated heterocycles. The smallest absolute Gasteiger partial charge is 0.263 e. The molecule has 1 atom stereocenters. The summed E-state index contributed by atoms with van der Waals surface area (Å²) >= 11 is 0. The van der Waals surface area contributed by atoms with Crippen molar-refractivity contribution < 1.29 is 9.53 Å². The first-order chi connectivity index (χ1) is 11.5. The average Bonchev–Trinajstić information content (AvgIpc) is 2.59. The van der Waals surface area contributed by atoms with E-state index in [1.165, 1.54) is 4.57 Å². The van der Waals surface area contributed by atoms with Crippen LogP contribution in [0.5, 0.6) is 0 Å². The molecule has 0 unspecified atom stereocenters. The van der Waals surface area contributed by atoms with Gasteiger partial charge in [0.2, 0.25) is 0 Å². The van der Waals surface area contributed by atoms with Crippen molar-refractivity contribution in [1.29, 1.82) is 0 Å². The second kappa shape index (κ2) is 6.52. The highest BCUT2D eigenvalue weighted by atomic mass is 16.5. The molecule has 1 fully saturated rings. The van der Waals surface area contributed by atoms with E-state index in [-0.39, 0.29) is 23.1 Å². The SMILES string of the molecule is Cc1nccc([C@@H]2CN(C(=O)c3ccc(C)n(C)c3=O)CCO2)n1. The Morgan fingerprint density at radius 3 is 2.83 bits per heavy atom. The lowest BCUT2D eigenvalue weighted by atomic mass is 10.1. The molecule has 0 radical (unpaired) electrons. The molecule has 1 amide bonds. The molecule has 0 N–H and O–H groups in total. The summed E-state index contributed by atoms with van der Waals surface area (Å²) in [6, 6.07) is 5.16. The second-order valence-electron chi connectivity index (χ2n) is 5.89. The number of pyridine rings is 1. The first-order valence-electron chi connectivity index (χ1n) is 7.84. The monoisotopic (exact) mass is 328 g/mol. The molecule has 1 aliphatic heterocycles. The van der Waals surface area contributed by atoms with Crippen LogP contribution in [0.3, 0.4) is 0 Å². The number of morpholine rings is 1. The fourth-order valence-electron chi connectivity index (χ4n) is 2.73. The molecule has 0 aromatic carbocycles. The van der Waals surface area contributed by atoms with Crippen molar-refractivity contribution in [3.05, 3.63) is 57.5 Å². The van der Waals surface area contributed by atoms with Crippen LogP contribution in [-0.2, 0) is 11.8 Å². The van der Waals surface area contributed by atoms with Gasteiger partial charge in [-0.2, -0.15) is 0 Å². The Kier molecular flexibility index (Phi) is 4.44. The second-order valence-corrected chi connectivity index (χ2v) is 5.89. The van der Waals surface area contributed by atoms with Gasteiger partial charge in [-0.1, -0.05) is 0 Å². The maximum atomic E-state index is 12.8. The third-order valence-electron chi connectivity index (χ3n) is 4.27. The molecule has 3 rings (SSSR count). The van der Waals surface area contributed by atoms with Crippen LogP contribution in [-0.4, -0.2) is 45.0 Å². The zero-order valence-corrected chi connectivity index (χ0v) is 14.0. The topological polar surface area (TPSA) is 77.3 Å². The van der Waals surface area contributed by atoms with E-state index in [4.69, 9.17) is 4.74 Å². The fraction of sp³-hybridized carbons (Fsp3) is 0.412. The van der Waals surface area contributed by atoms with Gasteiger partial charge in [-0.3, -0.25) is 9.59 Å². The lowest BCUT2D eigenvalue weighted by Crippen LogP contribution is -2.44. The largest absolute Gasteiger partial charge is 0.368 e. The van der Waals surface area contributed by atoms with Gasteiger partial charge >= 0.3 is 0 Å². The highest BCUT2D eigenvalue weighted by Crippen LogP contribution is 2.21. The quantitative estimate of drug-likeness (QED) is 0.822. The summed E-state index contributed by atoms with van der Waals surface area (Å²) in [5, 5.41) is 0. The fourth-order valence-corrected chi connectivity index (χ4v) is 2.73. The minimum absolute atomic E-state index is 0.183. The van der Waals surface area contributed by atoms with Crippen LogP contribution in [0.1, 0.15) is 33.7 Å². The van der Waals surface area contributed by atoms with E-state index < -0.39 is 0 Å².